The van der Waals surface area contributed by atoms with E-state index in [1.54, 1.807) is 43.5 Å². The molecular formula is C32H38ClN3O6S. The molecule has 11 heteroatoms. The molecule has 1 fully saturated rings. The minimum absolute atomic E-state index is 0.0162. The number of ether oxygens (including phenoxy) is 2. The molecule has 0 aromatic heterocycles. The number of hydrogen-bond acceptors (Lipinski definition) is 6. The summed E-state index contributed by atoms with van der Waals surface area (Å²) in [5.41, 5.74) is 0.960. The fourth-order valence-corrected chi connectivity index (χ4v) is 6.95. The van der Waals surface area contributed by atoms with Gasteiger partial charge in [0.25, 0.3) is 10.0 Å². The predicted molar refractivity (Wildman–Crippen MR) is 167 cm³/mol. The normalized spacial score (nSPS) is 14.1. The van der Waals surface area contributed by atoms with Crippen LogP contribution in [0.2, 0.25) is 5.02 Å². The van der Waals surface area contributed by atoms with Crippen LogP contribution < -0.4 is 19.1 Å². The number of halogens is 1. The first-order valence-corrected chi connectivity index (χ1v) is 16.1. The molecule has 9 nitrogen and oxygen atoms in total. The summed E-state index contributed by atoms with van der Waals surface area (Å²) < 4.78 is 39.5. The molecule has 0 unspecified atom stereocenters. The molecular weight excluding hydrogens is 590 g/mol. The lowest BCUT2D eigenvalue weighted by Crippen LogP contribution is -2.53. The number of rotatable bonds is 13. The maximum atomic E-state index is 14.2. The number of anilines is 1. The molecule has 4 rings (SSSR count). The Labute approximate surface area is 258 Å². The zero-order valence-electron chi connectivity index (χ0n) is 24.7. The Morgan fingerprint density at radius 1 is 0.977 bits per heavy atom. The molecule has 2 amide bonds. The van der Waals surface area contributed by atoms with Gasteiger partial charge in [-0.2, -0.15) is 0 Å². The molecule has 43 heavy (non-hydrogen) atoms. The molecule has 1 aliphatic rings. The first-order valence-electron chi connectivity index (χ1n) is 14.3. The van der Waals surface area contributed by atoms with E-state index >= 15 is 0 Å². The van der Waals surface area contributed by atoms with Gasteiger partial charge in [-0.05, 0) is 67.3 Å². The van der Waals surface area contributed by atoms with E-state index in [4.69, 9.17) is 21.1 Å². The number of nitrogens with zero attached hydrogens (tertiary/aromatic N) is 2. The van der Waals surface area contributed by atoms with Crippen LogP contribution in [0.1, 0.15) is 44.6 Å². The number of carbonyl (C=O) groups excluding carboxylic acids is 2. The summed E-state index contributed by atoms with van der Waals surface area (Å²) in [6.45, 7) is 1.39. The zero-order valence-corrected chi connectivity index (χ0v) is 26.2. The van der Waals surface area contributed by atoms with Gasteiger partial charge in [-0.25, -0.2) is 8.42 Å². The van der Waals surface area contributed by atoms with Crippen LogP contribution in [0.25, 0.3) is 0 Å². The highest BCUT2D eigenvalue weighted by molar-refractivity contribution is 7.92. The lowest BCUT2D eigenvalue weighted by Gasteiger charge is -2.34. The van der Waals surface area contributed by atoms with E-state index in [1.807, 2.05) is 19.1 Å². The van der Waals surface area contributed by atoms with Gasteiger partial charge in [-0.15, -0.1) is 0 Å². The van der Waals surface area contributed by atoms with Crippen molar-refractivity contribution in [3.8, 4) is 11.5 Å². The number of methoxy groups -OCH3 is 2. The molecule has 0 heterocycles. The van der Waals surface area contributed by atoms with Gasteiger partial charge in [0.2, 0.25) is 11.8 Å². The Morgan fingerprint density at radius 2 is 1.65 bits per heavy atom. The minimum atomic E-state index is -4.20. The van der Waals surface area contributed by atoms with Gasteiger partial charge in [0.05, 0.1) is 29.8 Å². The largest absolute Gasteiger partial charge is 0.497 e. The van der Waals surface area contributed by atoms with Crippen LogP contribution in [0.15, 0.2) is 77.7 Å². The van der Waals surface area contributed by atoms with E-state index in [0.29, 0.717) is 17.9 Å². The van der Waals surface area contributed by atoms with Crippen molar-refractivity contribution in [2.45, 2.75) is 62.6 Å². The molecule has 3 aromatic rings. The lowest BCUT2D eigenvalue weighted by atomic mass is 10.1. The third kappa shape index (κ3) is 7.80. The SMILES string of the molecule is CC[C@H](C(=O)NC1CCCC1)N(Cc1ccc(OC)cc1)C(=O)CN(c1ccc(OC)c(Cl)c1)S(=O)(=O)c1ccccc1. The van der Waals surface area contributed by atoms with Gasteiger partial charge in [0.15, 0.2) is 0 Å². The van der Waals surface area contributed by atoms with Crippen molar-refractivity contribution in [3.05, 3.63) is 83.4 Å². The van der Waals surface area contributed by atoms with E-state index in [0.717, 1.165) is 35.6 Å². The van der Waals surface area contributed by atoms with Crippen LogP contribution in [0.3, 0.4) is 0 Å². The standard InChI is InChI=1S/C32H38ClN3O6S/c1-4-29(32(38)34-24-10-8-9-11-24)35(21-23-14-17-26(41-2)18-15-23)31(37)22-36(25-16-19-30(42-3)28(33)20-25)43(39,40)27-12-6-5-7-13-27/h5-7,12-20,24,29H,4,8-11,21-22H2,1-3H3,(H,34,38)/t29-/m1/s1. The third-order valence-corrected chi connectivity index (χ3v) is 9.72. The van der Waals surface area contributed by atoms with E-state index in [9.17, 15) is 18.0 Å². The molecule has 3 aromatic carbocycles. The second kappa shape index (κ2) is 14.6. The van der Waals surface area contributed by atoms with E-state index < -0.39 is 28.5 Å². The second-order valence-corrected chi connectivity index (χ2v) is 12.7. The molecule has 0 bridgehead atoms. The average Bonchev–Trinajstić information content (AvgIpc) is 3.53. The third-order valence-electron chi connectivity index (χ3n) is 7.63. The van der Waals surface area contributed by atoms with Gasteiger partial charge in [-0.1, -0.05) is 61.7 Å². The van der Waals surface area contributed by atoms with E-state index in [-0.39, 0.29) is 34.1 Å². The topological polar surface area (TPSA) is 105 Å². The van der Waals surface area contributed by atoms with Crippen molar-refractivity contribution in [1.29, 1.82) is 0 Å². The van der Waals surface area contributed by atoms with Crippen molar-refractivity contribution in [2.24, 2.45) is 0 Å². The summed E-state index contributed by atoms with van der Waals surface area (Å²) in [6, 6.07) is 18.9. The molecule has 1 saturated carbocycles. The molecule has 0 saturated heterocycles. The number of nitrogens with one attached hydrogen (secondary N) is 1. The maximum Gasteiger partial charge on any atom is 0.264 e. The van der Waals surface area contributed by atoms with Crippen molar-refractivity contribution >= 4 is 39.1 Å². The second-order valence-electron chi connectivity index (χ2n) is 10.4. The van der Waals surface area contributed by atoms with Crippen LogP contribution in [0.4, 0.5) is 5.69 Å². The summed E-state index contributed by atoms with van der Waals surface area (Å²) in [5, 5.41) is 3.31. The summed E-state index contributed by atoms with van der Waals surface area (Å²) >= 11 is 6.39. The summed E-state index contributed by atoms with van der Waals surface area (Å²) in [7, 11) is -1.18. The van der Waals surface area contributed by atoms with Crippen LogP contribution in [-0.4, -0.2) is 58.0 Å². The van der Waals surface area contributed by atoms with Crippen LogP contribution in [0, 0.1) is 0 Å². The smallest absolute Gasteiger partial charge is 0.264 e. The number of hydrogen-bond donors (Lipinski definition) is 1. The molecule has 0 spiro atoms. The Bertz CT molecular complexity index is 1500. The number of benzene rings is 3. The lowest BCUT2D eigenvalue weighted by molar-refractivity contribution is -0.140. The number of carbonyl (C=O) groups is 2. The monoisotopic (exact) mass is 627 g/mol. The minimum Gasteiger partial charge on any atom is -0.497 e. The fourth-order valence-electron chi connectivity index (χ4n) is 5.27. The van der Waals surface area contributed by atoms with Crippen molar-refractivity contribution in [2.75, 3.05) is 25.1 Å². The van der Waals surface area contributed by atoms with Crippen molar-refractivity contribution in [3.63, 3.8) is 0 Å². The average molecular weight is 628 g/mol. The van der Waals surface area contributed by atoms with Gasteiger partial charge in [0, 0.05) is 12.6 Å². The first-order chi connectivity index (χ1) is 20.7. The fraction of sp³-hybridized carbons (Fsp3) is 0.375. The molecule has 230 valence electrons. The Morgan fingerprint density at radius 3 is 2.23 bits per heavy atom. The first kappa shape index (κ1) is 32.2. The van der Waals surface area contributed by atoms with Crippen molar-refractivity contribution < 1.29 is 27.5 Å². The van der Waals surface area contributed by atoms with Gasteiger partial charge in [-0.3, -0.25) is 13.9 Å². The number of sulfonamides is 1. The van der Waals surface area contributed by atoms with Crippen LogP contribution in [-0.2, 0) is 26.2 Å². The maximum absolute atomic E-state index is 14.2. The summed E-state index contributed by atoms with van der Waals surface area (Å²) in [6.07, 6.45) is 4.24. The summed E-state index contributed by atoms with van der Waals surface area (Å²) in [5.74, 6) is 0.241. The highest BCUT2D eigenvalue weighted by atomic mass is 35.5. The van der Waals surface area contributed by atoms with Crippen molar-refractivity contribution in [1.82, 2.24) is 10.2 Å². The predicted octanol–water partition coefficient (Wildman–Crippen LogP) is 5.42. The number of amides is 2. The molecule has 0 radical (unpaired) electrons. The van der Waals surface area contributed by atoms with Gasteiger partial charge >= 0.3 is 0 Å². The zero-order chi connectivity index (χ0) is 31.0. The summed E-state index contributed by atoms with van der Waals surface area (Å²) in [4.78, 5) is 29.3. The Hall–Kier alpha value is -3.76. The van der Waals surface area contributed by atoms with Gasteiger partial charge in [0.1, 0.15) is 24.1 Å². The van der Waals surface area contributed by atoms with E-state index in [1.165, 1.54) is 36.3 Å². The molecule has 1 aliphatic carbocycles. The highest BCUT2D eigenvalue weighted by Gasteiger charge is 2.34. The van der Waals surface area contributed by atoms with E-state index in [2.05, 4.69) is 5.32 Å². The van der Waals surface area contributed by atoms with Crippen LogP contribution >= 0.6 is 11.6 Å². The van der Waals surface area contributed by atoms with Gasteiger partial charge < -0.3 is 19.7 Å². The molecule has 1 atom stereocenters. The molecule has 0 aliphatic heterocycles. The molecule has 1 N–H and O–H groups in total. The van der Waals surface area contributed by atoms with Crippen LogP contribution in [0.5, 0.6) is 11.5 Å². The highest BCUT2D eigenvalue weighted by Crippen LogP contribution is 2.32. The Balaban J connectivity index is 1.72. The Kier molecular flexibility index (Phi) is 10.9. The quantitative estimate of drug-likeness (QED) is 0.271.